The molecule has 0 aliphatic heterocycles. The minimum absolute atomic E-state index is 0.0434. The first-order chi connectivity index (χ1) is 13.2. The number of ether oxygens (including phenoxy) is 1. The lowest BCUT2D eigenvalue weighted by Gasteiger charge is -2.37. The van der Waals surface area contributed by atoms with Gasteiger partial charge in [-0.1, -0.05) is 0 Å². The molecule has 0 atom stereocenters. The van der Waals surface area contributed by atoms with Crippen LogP contribution in [-0.4, -0.2) is 35.8 Å². The summed E-state index contributed by atoms with van der Waals surface area (Å²) in [6.07, 6.45) is -1.16. The molecule has 0 spiro atoms. The Morgan fingerprint density at radius 1 is 1.29 bits per heavy atom. The van der Waals surface area contributed by atoms with Crippen LogP contribution in [-0.2, 0) is 16.5 Å². The van der Waals surface area contributed by atoms with Crippen molar-refractivity contribution in [1.29, 1.82) is 0 Å². The first kappa shape index (κ1) is 17.9. The molecule has 3 aromatic heterocycles. The van der Waals surface area contributed by atoms with E-state index in [1.165, 1.54) is 4.68 Å². The lowest BCUT2D eigenvalue weighted by atomic mass is 9.77. The molecule has 4 rings (SSSR count). The maximum absolute atomic E-state index is 12.9. The molecule has 0 radical (unpaired) electrons. The van der Waals surface area contributed by atoms with Gasteiger partial charge in [0.15, 0.2) is 11.2 Å². The van der Waals surface area contributed by atoms with Crippen molar-refractivity contribution in [2.75, 3.05) is 5.73 Å². The number of carboxylic acid groups (broad SMARTS) is 1. The van der Waals surface area contributed by atoms with E-state index in [4.69, 9.17) is 10.5 Å². The van der Waals surface area contributed by atoms with Gasteiger partial charge in [0, 0.05) is 12.3 Å². The maximum Gasteiger partial charge on any atom is 0.416 e. The van der Waals surface area contributed by atoms with Gasteiger partial charge in [0.05, 0.1) is 5.56 Å². The van der Waals surface area contributed by atoms with Crippen LogP contribution in [0.25, 0.3) is 11.0 Å². The number of anilines is 1. The van der Waals surface area contributed by atoms with E-state index in [1.807, 2.05) is 0 Å². The Hall–Kier alpha value is -3.44. The number of hydrogen-bond donors (Lipinski definition) is 2. The largest absolute Gasteiger partial charge is 0.479 e. The van der Waals surface area contributed by atoms with Crippen molar-refractivity contribution < 1.29 is 27.8 Å². The molecule has 1 fully saturated rings. The normalized spacial score (nSPS) is 16.0. The number of rotatable bonds is 4. The third-order valence-corrected chi connectivity index (χ3v) is 4.71. The van der Waals surface area contributed by atoms with Crippen molar-refractivity contribution in [3.05, 3.63) is 30.2 Å². The summed E-state index contributed by atoms with van der Waals surface area (Å²) in [6.45, 7) is 0. The number of carboxylic acids is 1. The highest BCUT2D eigenvalue weighted by molar-refractivity contribution is 5.92. The lowest BCUT2D eigenvalue weighted by molar-refractivity contribution is -0.153. The number of nitrogens with zero attached hydrogens (tertiary/aromatic N) is 5. The molecule has 12 heteroatoms. The summed E-state index contributed by atoms with van der Waals surface area (Å²) >= 11 is 0. The zero-order valence-corrected chi connectivity index (χ0v) is 14.1. The van der Waals surface area contributed by atoms with Crippen LogP contribution in [0.2, 0.25) is 0 Å². The van der Waals surface area contributed by atoms with Crippen LogP contribution in [0.15, 0.2) is 24.7 Å². The maximum atomic E-state index is 12.9. The van der Waals surface area contributed by atoms with Crippen molar-refractivity contribution in [1.82, 2.24) is 24.7 Å². The molecule has 28 heavy (non-hydrogen) atoms. The van der Waals surface area contributed by atoms with E-state index < -0.39 is 23.2 Å². The van der Waals surface area contributed by atoms with Crippen LogP contribution in [0.4, 0.5) is 19.0 Å². The molecular formula is C16H13F3N6O3. The van der Waals surface area contributed by atoms with E-state index in [2.05, 4.69) is 20.1 Å². The van der Waals surface area contributed by atoms with Crippen molar-refractivity contribution in [3.63, 3.8) is 0 Å². The second kappa shape index (κ2) is 6.04. The molecule has 146 valence electrons. The van der Waals surface area contributed by atoms with Crippen LogP contribution in [0.1, 0.15) is 24.8 Å². The van der Waals surface area contributed by atoms with Crippen molar-refractivity contribution in [2.24, 2.45) is 0 Å². The average Bonchev–Trinajstić information content (AvgIpc) is 2.93. The van der Waals surface area contributed by atoms with Crippen LogP contribution in [0.5, 0.6) is 11.8 Å². The third kappa shape index (κ3) is 2.68. The smallest absolute Gasteiger partial charge is 0.416 e. The molecule has 0 bridgehead atoms. The summed E-state index contributed by atoms with van der Waals surface area (Å²) in [4.78, 5) is 23.5. The van der Waals surface area contributed by atoms with Crippen molar-refractivity contribution in [2.45, 2.75) is 31.0 Å². The highest BCUT2D eigenvalue weighted by Crippen LogP contribution is 2.43. The molecule has 0 saturated heterocycles. The van der Waals surface area contributed by atoms with Gasteiger partial charge in [-0.05, 0) is 25.3 Å². The average molecular weight is 394 g/mol. The molecular weight excluding hydrogens is 381 g/mol. The molecule has 9 nitrogen and oxygen atoms in total. The quantitative estimate of drug-likeness (QED) is 0.691. The summed E-state index contributed by atoms with van der Waals surface area (Å²) in [5.74, 6) is -1.72. The Balaban J connectivity index is 1.84. The highest BCUT2D eigenvalue weighted by atomic mass is 19.4. The van der Waals surface area contributed by atoms with Gasteiger partial charge in [-0.2, -0.15) is 13.2 Å². The van der Waals surface area contributed by atoms with Gasteiger partial charge in [0.25, 0.3) is 5.88 Å². The second-order valence-corrected chi connectivity index (χ2v) is 6.35. The zero-order valence-electron chi connectivity index (χ0n) is 14.1. The van der Waals surface area contributed by atoms with Crippen molar-refractivity contribution >= 4 is 22.8 Å². The number of fused-ring (bicyclic) bond motifs is 1. The number of nitrogens with two attached hydrogens (primary N) is 1. The molecule has 1 aliphatic carbocycles. The summed E-state index contributed by atoms with van der Waals surface area (Å²) in [6, 6.07) is 1.51. The van der Waals surface area contributed by atoms with Gasteiger partial charge in [0.2, 0.25) is 5.88 Å². The Labute approximate surface area is 155 Å². The topological polar surface area (TPSA) is 129 Å². The van der Waals surface area contributed by atoms with Gasteiger partial charge in [-0.15, -0.1) is 5.10 Å². The van der Waals surface area contributed by atoms with Crippen LogP contribution in [0.3, 0.4) is 0 Å². The van der Waals surface area contributed by atoms with Gasteiger partial charge in [0.1, 0.15) is 17.5 Å². The lowest BCUT2D eigenvalue weighted by Crippen LogP contribution is -2.48. The van der Waals surface area contributed by atoms with Gasteiger partial charge < -0.3 is 15.6 Å². The predicted molar refractivity (Wildman–Crippen MR) is 88.5 cm³/mol. The molecule has 0 aromatic carbocycles. The fourth-order valence-electron chi connectivity index (χ4n) is 3.08. The molecule has 1 aliphatic rings. The SMILES string of the molecule is Nc1ncnc2c1c(Oc1cc(C(F)(F)F)ccn1)nn2C1(C(=O)O)CCC1. The first-order valence-electron chi connectivity index (χ1n) is 8.16. The fraction of sp³-hybridized carbons (Fsp3) is 0.312. The second-order valence-electron chi connectivity index (χ2n) is 6.35. The monoisotopic (exact) mass is 394 g/mol. The summed E-state index contributed by atoms with van der Waals surface area (Å²) in [5, 5.41) is 13.9. The Morgan fingerprint density at radius 3 is 2.64 bits per heavy atom. The number of pyridine rings is 1. The summed E-state index contributed by atoms with van der Waals surface area (Å²) in [5.41, 5.74) is 3.72. The number of hydrogen-bond acceptors (Lipinski definition) is 7. The van der Waals surface area contributed by atoms with E-state index in [9.17, 15) is 23.1 Å². The standard InChI is InChI=1S/C16H13F3N6O3/c17-16(18,19)8-2-5-21-9(6-8)28-13-10-11(20)22-7-23-12(10)25(24-13)15(14(26)27)3-1-4-15/h2,5-7H,1,3-4H2,(H,26,27)(H2,20,22,23). The van der Waals surface area contributed by atoms with E-state index in [-0.39, 0.29) is 28.6 Å². The van der Waals surface area contributed by atoms with Crippen molar-refractivity contribution in [3.8, 4) is 11.8 Å². The Bertz CT molecular complexity index is 1080. The molecule has 3 heterocycles. The molecule has 3 aromatic rings. The predicted octanol–water partition coefficient (Wildman–Crippen LogP) is 2.58. The van der Waals surface area contributed by atoms with Gasteiger partial charge in [-0.3, -0.25) is 0 Å². The number of carbonyl (C=O) groups is 1. The number of aromatic nitrogens is 5. The minimum atomic E-state index is -4.58. The minimum Gasteiger partial charge on any atom is -0.479 e. The van der Waals surface area contributed by atoms with E-state index in [0.29, 0.717) is 25.3 Å². The summed E-state index contributed by atoms with van der Waals surface area (Å²) in [7, 11) is 0. The van der Waals surface area contributed by atoms with Gasteiger partial charge in [-0.25, -0.2) is 24.4 Å². The fourth-order valence-corrected chi connectivity index (χ4v) is 3.08. The van der Waals surface area contributed by atoms with E-state index in [1.54, 1.807) is 0 Å². The highest BCUT2D eigenvalue weighted by Gasteiger charge is 2.49. The number of alkyl halides is 3. The Kier molecular flexibility index (Phi) is 3.87. The zero-order chi connectivity index (χ0) is 20.1. The van der Waals surface area contributed by atoms with E-state index in [0.717, 1.165) is 18.6 Å². The number of halogens is 3. The number of aliphatic carboxylic acids is 1. The van der Waals surface area contributed by atoms with Crippen LogP contribution < -0.4 is 10.5 Å². The van der Waals surface area contributed by atoms with Crippen LogP contribution in [0, 0.1) is 0 Å². The molecule has 0 unspecified atom stereocenters. The van der Waals surface area contributed by atoms with E-state index >= 15 is 0 Å². The molecule has 0 amide bonds. The number of nitrogen functional groups attached to an aromatic ring is 1. The first-order valence-corrected chi connectivity index (χ1v) is 8.16. The van der Waals surface area contributed by atoms with Crippen LogP contribution >= 0.6 is 0 Å². The summed E-state index contributed by atoms with van der Waals surface area (Å²) < 4.78 is 45.4. The van der Waals surface area contributed by atoms with Gasteiger partial charge >= 0.3 is 12.1 Å². The third-order valence-electron chi connectivity index (χ3n) is 4.71. The Morgan fingerprint density at radius 2 is 2.04 bits per heavy atom. The molecule has 1 saturated carbocycles. The molecule has 3 N–H and O–H groups in total.